The summed E-state index contributed by atoms with van der Waals surface area (Å²) < 4.78 is 5.35. The van der Waals surface area contributed by atoms with Crippen molar-refractivity contribution in [3.63, 3.8) is 0 Å². The van der Waals surface area contributed by atoms with Gasteiger partial charge in [0.15, 0.2) is 0 Å². The number of aliphatic hydroxyl groups excluding tert-OH is 2. The summed E-state index contributed by atoms with van der Waals surface area (Å²) in [6.07, 6.45) is -0.865. The first-order valence-electron chi connectivity index (χ1n) is 6.62. The van der Waals surface area contributed by atoms with Crippen molar-refractivity contribution in [2.45, 2.75) is 13.0 Å². The zero-order chi connectivity index (χ0) is 16.5. The Labute approximate surface area is 127 Å². The second-order valence-corrected chi connectivity index (χ2v) is 4.51. The van der Waals surface area contributed by atoms with Gasteiger partial charge in [0.25, 0.3) is 5.69 Å². The Morgan fingerprint density at radius 2 is 2.23 bits per heavy atom. The van der Waals surface area contributed by atoms with E-state index in [4.69, 9.17) is 9.84 Å². The lowest BCUT2D eigenvalue weighted by molar-refractivity contribution is -0.384. The van der Waals surface area contributed by atoms with E-state index in [1.807, 2.05) is 0 Å². The molecule has 1 unspecified atom stereocenters. The molecule has 9 nitrogen and oxygen atoms in total. The normalized spacial score (nSPS) is 11.8. The Bertz CT molecular complexity index is 522. The minimum atomic E-state index is -0.865. The lowest BCUT2D eigenvalue weighted by Gasteiger charge is -2.15. The lowest BCUT2D eigenvalue weighted by atomic mass is 10.2. The first kappa shape index (κ1) is 17.8. The van der Waals surface area contributed by atoms with Crippen LogP contribution in [0.1, 0.15) is 6.92 Å². The highest BCUT2D eigenvalue weighted by Gasteiger charge is 2.14. The van der Waals surface area contributed by atoms with Gasteiger partial charge in [0.1, 0.15) is 18.5 Å². The van der Waals surface area contributed by atoms with Crippen molar-refractivity contribution in [3.8, 4) is 5.75 Å². The van der Waals surface area contributed by atoms with Gasteiger partial charge in [-0.1, -0.05) is 0 Å². The molecule has 0 aromatic heterocycles. The highest BCUT2D eigenvalue weighted by molar-refractivity contribution is 5.90. The molecule has 0 aliphatic rings. The molecule has 22 heavy (non-hydrogen) atoms. The van der Waals surface area contributed by atoms with Gasteiger partial charge >= 0.3 is 0 Å². The topological polar surface area (TPSA) is 134 Å². The summed E-state index contributed by atoms with van der Waals surface area (Å²) in [5, 5.41) is 34.4. The number of nitrogens with zero attached hydrogens (tertiary/aromatic N) is 1. The number of nitro groups is 1. The number of anilines is 1. The van der Waals surface area contributed by atoms with Gasteiger partial charge in [0.05, 0.1) is 23.3 Å². The molecule has 122 valence electrons. The molecular formula is C13H19N3O6. The summed E-state index contributed by atoms with van der Waals surface area (Å²) in [6.45, 7) is 1.67. The standard InChI is InChI=1S/C13H19N3O6/c1-9(18)15-12-3-2-10(16(20)21)6-13(12)22-8-11(19)7-14-4-5-17/h2-3,6,11,14,17,19H,4-5,7-8H2,1H3,(H,15,18). The molecule has 0 spiro atoms. The highest BCUT2D eigenvalue weighted by Crippen LogP contribution is 2.29. The van der Waals surface area contributed by atoms with Crippen LogP contribution < -0.4 is 15.4 Å². The van der Waals surface area contributed by atoms with E-state index in [1.54, 1.807) is 0 Å². The molecule has 1 atom stereocenters. The van der Waals surface area contributed by atoms with Crippen LogP contribution in [0.15, 0.2) is 18.2 Å². The van der Waals surface area contributed by atoms with Crippen LogP contribution in [-0.4, -0.2) is 53.5 Å². The number of benzene rings is 1. The maximum Gasteiger partial charge on any atom is 0.273 e. The van der Waals surface area contributed by atoms with Crippen LogP contribution in [0.5, 0.6) is 5.75 Å². The van der Waals surface area contributed by atoms with Crippen molar-refractivity contribution >= 4 is 17.3 Å². The third kappa shape index (κ3) is 6.04. The van der Waals surface area contributed by atoms with E-state index in [-0.39, 0.29) is 42.8 Å². The second kappa shape index (κ2) is 8.93. The van der Waals surface area contributed by atoms with E-state index in [1.165, 1.54) is 25.1 Å². The van der Waals surface area contributed by atoms with Crippen LogP contribution in [0.4, 0.5) is 11.4 Å². The molecule has 1 aromatic carbocycles. The molecule has 0 radical (unpaired) electrons. The van der Waals surface area contributed by atoms with Gasteiger partial charge in [-0.05, 0) is 6.07 Å². The lowest BCUT2D eigenvalue weighted by Crippen LogP contribution is -2.33. The van der Waals surface area contributed by atoms with Crippen molar-refractivity contribution < 1.29 is 24.7 Å². The number of carbonyl (C=O) groups is 1. The monoisotopic (exact) mass is 313 g/mol. The van der Waals surface area contributed by atoms with E-state index in [0.29, 0.717) is 6.54 Å². The molecule has 0 fully saturated rings. The number of ether oxygens (including phenoxy) is 1. The number of nitrogens with one attached hydrogen (secondary N) is 2. The fourth-order valence-corrected chi connectivity index (χ4v) is 1.63. The number of hydrogen-bond acceptors (Lipinski definition) is 7. The Morgan fingerprint density at radius 3 is 2.82 bits per heavy atom. The molecule has 0 heterocycles. The number of non-ortho nitro benzene ring substituents is 1. The second-order valence-electron chi connectivity index (χ2n) is 4.51. The van der Waals surface area contributed by atoms with Gasteiger partial charge in [-0.25, -0.2) is 0 Å². The number of rotatable bonds is 9. The average molecular weight is 313 g/mol. The van der Waals surface area contributed by atoms with Crippen LogP contribution in [0.3, 0.4) is 0 Å². The summed E-state index contributed by atoms with van der Waals surface area (Å²) in [5.41, 5.74) is 0.102. The number of hydrogen-bond donors (Lipinski definition) is 4. The van der Waals surface area contributed by atoms with E-state index in [9.17, 15) is 20.0 Å². The molecule has 9 heteroatoms. The van der Waals surface area contributed by atoms with E-state index < -0.39 is 11.0 Å². The van der Waals surface area contributed by atoms with E-state index in [2.05, 4.69) is 10.6 Å². The molecule has 1 aromatic rings. The summed E-state index contributed by atoms with van der Waals surface area (Å²) in [5.74, 6) is -0.241. The van der Waals surface area contributed by atoms with Gasteiger partial charge in [0, 0.05) is 26.1 Å². The molecule has 0 bridgehead atoms. The Kier molecular flexibility index (Phi) is 7.23. The van der Waals surface area contributed by atoms with E-state index >= 15 is 0 Å². The predicted octanol–water partition coefficient (Wildman–Crippen LogP) is -0.125. The summed E-state index contributed by atoms with van der Waals surface area (Å²) in [7, 11) is 0. The Balaban J connectivity index is 2.74. The summed E-state index contributed by atoms with van der Waals surface area (Å²) in [6, 6.07) is 3.79. The van der Waals surface area contributed by atoms with Crippen LogP contribution in [0.25, 0.3) is 0 Å². The SMILES string of the molecule is CC(=O)Nc1ccc([N+](=O)[O-])cc1OCC(O)CNCCO. The Morgan fingerprint density at radius 1 is 1.50 bits per heavy atom. The van der Waals surface area contributed by atoms with Gasteiger partial charge < -0.3 is 25.6 Å². The number of nitro benzene ring substituents is 1. The smallest absolute Gasteiger partial charge is 0.273 e. The van der Waals surface area contributed by atoms with E-state index in [0.717, 1.165) is 0 Å². The fourth-order valence-electron chi connectivity index (χ4n) is 1.63. The first-order valence-corrected chi connectivity index (χ1v) is 6.62. The van der Waals surface area contributed by atoms with Crippen LogP contribution in [0.2, 0.25) is 0 Å². The highest BCUT2D eigenvalue weighted by atomic mass is 16.6. The minimum Gasteiger partial charge on any atom is -0.488 e. The van der Waals surface area contributed by atoms with Crippen molar-refractivity contribution in [1.29, 1.82) is 0 Å². The molecule has 1 amide bonds. The zero-order valence-corrected chi connectivity index (χ0v) is 12.1. The predicted molar refractivity (Wildman–Crippen MR) is 78.9 cm³/mol. The molecule has 0 aliphatic carbocycles. The quantitative estimate of drug-likeness (QED) is 0.283. The van der Waals surface area contributed by atoms with Crippen LogP contribution >= 0.6 is 0 Å². The van der Waals surface area contributed by atoms with Crippen molar-refractivity contribution in [1.82, 2.24) is 5.32 Å². The molecule has 0 aliphatic heterocycles. The average Bonchev–Trinajstić information content (AvgIpc) is 2.45. The number of amides is 1. The third-order valence-corrected chi connectivity index (χ3v) is 2.59. The maximum atomic E-state index is 11.1. The van der Waals surface area contributed by atoms with Crippen molar-refractivity contribution in [3.05, 3.63) is 28.3 Å². The van der Waals surface area contributed by atoms with Crippen LogP contribution in [0, 0.1) is 10.1 Å². The summed E-state index contributed by atoms with van der Waals surface area (Å²) in [4.78, 5) is 21.3. The minimum absolute atomic E-state index is 0.0505. The molecule has 0 saturated heterocycles. The molecule has 4 N–H and O–H groups in total. The van der Waals surface area contributed by atoms with Gasteiger partial charge in [-0.15, -0.1) is 0 Å². The maximum absolute atomic E-state index is 11.1. The molecule has 0 saturated carbocycles. The van der Waals surface area contributed by atoms with Gasteiger partial charge in [-0.3, -0.25) is 14.9 Å². The molecular weight excluding hydrogens is 294 g/mol. The number of aliphatic hydroxyl groups is 2. The number of carbonyl (C=O) groups excluding carboxylic acids is 1. The zero-order valence-electron chi connectivity index (χ0n) is 12.1. The van der Waals surface area contributed by atoms with Gasteiger partial charge in [-0.2, -0.15) is 0 Å². The summed E-state index contributed by atoms with van der Waals surface area (Å²) >= 11 is 0. The van der Waals surface area contributed by atoms with Crippen molar-refractivity contribution in [2.24, 2.45) is 0 Å². The first-order chi connectivity index (χ1) is 10.4. The van der Waals surface area contributed by atoms with Gasteiger partial charge in [0.2, 0.25) is 5.91 Å². The Hall–Kier alpha value is -2.23. The largest absolute Gasteiger partial charge is 0.488 e. The van der Waals surface area contributed by atoms with Crippen molar-refractivity contribution in [2.75, 3.05) is 31.6 Å². The van der Waals surface area contributed by atoms with Crippen LogP contribution in [-0.2, 0) is 4.79 Å². The third-order valence-electron chi connectivity index (χ3n) is 2.59. The fraction of sp³-hybridized carbons (Fsp3) is 0.462. The molecule has 1 rings (SSSR count).